The third-order valence-electron chi connectivity index (χ3n) is 11.1. The van der Waals surface area contributed by atoms with Crippen molar-refractivity contribution in [2.75, 3.05) is 0 Å². The standard InChI is InChI=1S/C52H30N4OS/c1-3-12-32(13-4-1)49-39-28-29-43-48(37-16-7-9-19-42(37)57-43)47(39)36-27-26-35(30-41(36)53-49)31-22-24-34(25-23-31)51-54-50(33-14-5-2-6-15-33)55-52(56-51)40-18-11-21-45-46(40)38-17-8-10-20-44(38)58-45/h1-30H. The van der Waals surface area contributed by atoms with Crippen molar-refractivity contribution in [3.63, 3.8) is 0 Å². The number of para-hydroxylation sites is 1. The van der Waals surface area contributed by atoms with Crippen molar-refractivity contribution in [1.29, 1.82) is 0 Å². The summed E-state index contributed by atoms with van der Waals surface area (Å²) in [7, 11) is 0. The minimum atomic E-state index is 0.627. The van der Waals surface area contributed by atoms with Crippen LogP contribution < -0.4 is 0 Å². The normalized spacial score (nSPS) is 11.8. The van der Waals surface area contributed by atoms with Crippen LogP contribution in [0.3, 0.4) is 0 Å². The number of rotatable bonds is 5. The smallest absolute Gasteiger partial charge is 0.164 e. The highest BCUT2D eigenvalue weighted by molar-refractivity contribution is 7.25. The fraction of sp³-hybridized carbons (Fsp3) is 0. The molecule has 0 radical (unpaired) electrons. The van der Waals surface area contributed by atoms with Crippen LogP contribution in [0.1, 0.15) is 0 Å². The monoisotopic (exact) mass is 758 g/mol. The van der Waals surface area contributed by atoms with Gasteiger partial charge in [-0.25, -0.2) is 19.9 Å². The average Bonchev–Trinajstić information content (AvgIpc) is 3.88. The molecule has 8 aromatic carbocycles. The lowest BCUT2D eigenvalue weighted by atomic mass is 9.94. The minimum Gasteiger partial charge on any atom is -0.456 e. The van der Waals surface area contributed by atoms with Crippen molar-refractivity contribution in [3.05, 3.63) is 182 Å². The Kier molecular flexibility index (Phi) is 7.33. The van der Waals surface area contributed by atoms with Gasteiger partial charge in [-0.15, -0.1) is 11.3 Å². The van der Waals surface area contributed by atoms with Crippen LogP contribution in [0.25, 0.3) is 120 Å². The zero-order valence-corrected chi connectivity index (χ0v) is 31.7. The Morgan fingerprint density at radius 2 is 0.966 bits per heavy atom. The lowest BCUT2D eigenvalue weighted by Crippen LogP contribution is -2.00. The molecule has 0 aliphatic heterocycles. The average molecular weight is 759 g/mol. The van der Waals surface area contributed by atoms with E-state index >= 15 is 0 Å². The maximum atomic E-state index is 6.36. The molecule has 0 bridgehead atoms. The number of fused-ring (bicyclic) bond motifs is 10. The van der Waals surface area contributed by atoms with Crippen molar-refractivity contribution in [1.82, 2.24) is 19.9 Å². The summed E-state index contributed by atoms with van der Waals surface area (Å²) in [5, 5.41) is 7.94. The maximum absolute atomic E-state index is 6.36. The number of pyridine rings is 1. The summed E-state index contributed by atoms with van der Waals surface area (Å²) in [5.41, 5.74) is 9.72. The maximum Gasteiger partial charge on any atom is 0.164 e. The molecular formula is C52H30N4OS. The number of benzene rings is 8. The van der Waals surface area contributed by atoms with Crippen LogP contribution in [0.15, 0.2) is 186 Å². The van der Waals surface area contributed by atoms with E-state index in [0.29, 0.717) is 17.5 Å². The quantitative estimate of drug-likeness (QED) is 0.164. The van der Waals surface area contributed by atoms with E-state index in [1.807, 2.05) is 48.5 Å². The molecule has 0 unspecified atom stereocenters. The summed E-state index contributed by atoms with van der Waals surface area (Å²) in [4.78, 5) is 20.6. The summed E-state index contributed by atoms with van der Waals surface area (Å²) in [6.45, 7) is 0. The minimum absolute atomic E-state index is 0.627. The van der Waals surface area contributed by atoms with Crippen LogP contribution in [-0.4, -0.2) is 19.9 Å². The van der Waals surface area contributed by atoms with E-state index in [-0.39, 0.29) is 0 Å². The van der Waals surface area contributed by atoms with Crippen molar-refractivity contribution in [2.24, 2.45) is 0 Å². The van der Waals surface area contributed by atoms with Crippen LogP contribution in [-0.2, 0) is 0 Å². The van der Waals surface area contributed by atoms with Crippen molar-refractivity contribution < 1.29 is 4.42 Å². The number of thiophene rings is 1. The fourth-order valence-corrected chi connectivity index (χ4v) is 9.55. The molecule has 0 aliphatic carbocycles. The second-order valence-corrected chi connectivity index (χ2v) is 15.6. The summed E-state index contributed by atoms with van der Waals surface area (Å²) >= 11 is 1.79. The first-order valence-electron chi connectivity index (χ1n) is 19.3. The number of nitrogens with zero attached hydrogens (tertiary/aromatic N) is 4. The largest absolute Gasteiger partial charge is 0.456 e. The molecule has 0 spiro atoms. The summed E-state index contributed by atoms with van der Waals surface area (Å²) in [6, 6.07) is 63.2. The van der Waals surface area contributed by atoms with Crippen LogP contribution in [0.2, 0.25) is 0 Å². The molecule has 6 heteroatoms. The molecule has 58 heavy (non-hydrogen) atoms. The Morgan fingerprint density at radius 1 is 0.345 bits per heavy atom. The number of furan rings is 1. The van der Waals surface area contributed by atoms with Gasteiger partial charge in [-0.2, -0.15) is 0 Å². The molecule has 0 saturated heterocycles. The van der Waals surface area contributed by atoms with Gasteiger partial charge in [-0.05, 0) is 47.5 Å². The Balaban J connectivity index is 1.00. The van der Waals surface area contributed by atoms with Gasteiger partial charge in [-0.1, -0.05) is 146 Å². The second-order valence-electron chi connectivity index (χ2n) is 14.5. The molecule has 0 aliphatic rings. The Morgan fingerprint density at radius 3 is 1.78 bits per heavy atom. The second kappa shape index (κ2) is 13.0. The van der Waals surface area contributed by atoms with Gasteiger partial charge in [0.2, 0.25) is 0 Å². The molecule has 0 atom stereocenters. The van der Waals surface area contributed by atoms with Gasteiger partial charge in [0.1, 0.15) is 11.2 Å². The molecule has 0 saturated carbocycles. The van der Waals surface area contributed by atoms with E-state index in [1.54, 1.807) is 11.3 Å². The number of aromatic nitrogens is 4. The van der Waals surface area contributed by atoms with Gasteiger partial charge in [0, 0.05) is 69.4 Å². The van der Waals surface area contributed by atoms with Gasteiger partial charge in [0.25, 0.3) is 0 Å². The molecule has 0 amide bonds. The predicted octanol–water partition coefficient (Wildman–Crippen LogP) is 14.2. The first-order valence-corrected chi connectivity index (χ1v) is 20.1. The molecule has 270 valence electrons. The zero-order chi connectivity index (χ0) is 38.2. The third kappa shape index (κ3) is 5.23. The van der Waals surface area contributed by atoms with E-state index in [4.69, 9.17) is 24.4 Å². The van der Waals surface area contributed by atoms with Crippen LogP contribution in [0.4, 0.5) is 0 Å². The molecule has 4 aromatic heterocycles. The van der Waals surface area contributed by atoms with Crippen LogP contribution in [0, 0.1) is 0 Å². The van der Waals surface area contributed by atoms with E-state index in [2.05, 4.69) is 133 Å². The molecule has 12 aromatic rings. The highest BCUT2D eigenvalue weighted by Crippen LogP contribution is 2.43. The lowest BCUT2D eigenvalue weighted by molar-refractivity contribution is 0.669. The lowest BCUT2D eigenvalue weighted by Gasteiger charge is -2.13. The fourth-order valence-electron chi connectivity index (χ4n) is 8.42. The molecule has 0 N–H and O–H groups in total. The van der Waals surface area contributed by atoms with Crippen molar-refractivity contribution >= 4 is 75.1 Å². The highest BCUT2D eigenvalue weighted by Gasteiger charge is 2.19. The van der Waals surface area contributed by atoms with Gasteiger partial charge >= 0.3 is 0 Å². The highest BCUT2D eigenvalue weighted by atomic mass is 32.1. The van der Waals surface area contributed by atoms with E-state index < -0.39 is 0 Å². The van der Waals surface area contributed by atoms with Crippen molar-refractivity contribution in [2.45, 2.75) is 0 Å². The Labute approximate surface area is 336 Å². The number of hydrogen-bond acceptors (Lipinski definition) is 6. The summed E-state index contributed by atoms with van der Waals surface area (Å²) in [6.07, 6.45) is 0. The van der Waals surface area contributed by atoms with Gasteiger partial charge in [0.15, 0.2) is 17.5 Å². The molecule has 4 heterocycles. The van der Waals surface area contributed by atoms with E-state index in [9.17, 15) is 0 Å². The van der Waals surface area contributed by atoms with E-state index in [0.717, 1.165) is 82.7 Å². The number of hydrogen-bond donors (Lipinski definition) is 0. The van der Waals surface area contributed by atoms with Gasteiger partial charge in [-0.3, -0.25) is 0 Å². The zero-order valence-electron chi connectivity index (χ0n) is 30.9. The molecule has 12 rings (SSSR count). The third-order valence-corrected chi connectivity index (χ3v) is 12.3. The van der Waals surface area contributed by atoms with E-state index in [1.165, 1.54) is 20.2 Å². The Hall–Kier alpha value is -7.54. The summed E-state index contributed by atoms with van der Waals surface area (Å²) in [5.74, 6) is 1.92. The first-order chi connectivity index (χ1) is 28.7. The SMILES string of the molecule is c1ccc(-c2nc(-c3ccc(-c4ccc5c(c4)nc(-c4ccccc4)c4ccc6oc7ccccc7c6c45)cc3)nc(-c3cccc4sc5ccccc5c34)n2)cc1. The van der Waals surface area contributed by atoms with Crippen LogP contribution in [0.5, 0.6) is 0 Å². The predicted molar refractivity (Wildman–Crippen MR) is 240 cm³/mol. The van der Waals surface area contributed by atoms with Gasteiger partial charge in [0.05, 0.1) is 11.2 Å². The van der Waals surface area contributed by atoms with Gasteiger partial charge < -0.3 is 4.42 Å². The molecule has 0 fully saturated rings. The molecule has 5 nitrogen and oxygen atoms in total. The topological polar surface area (TPSA) is 64.7 Å². The summed E-state index contributed by atoms with van der Waals surface area (Å²) < 4.78 is 8.81. The van der Waals surface area contributed by atoms with Crippen molar-refractivity contribution in [3.8, 4) is 56.5 Å². The van der Waals surface area contributed by atoms with Crippen LogP contribution >= 0.6 is 11.3 Å². The Bertz CT molecular complexity index is 3560. The molecular weight excluding hydrogens is 729 g/mol. The first kappa shape index (κ1) is 32.7.